The topological polar surface area (TPSA) is 282 Å². The molecule has 9 aromatic carbocycles. The van der Waals surface area contributed by atoms with Crippen LogP contribution in [-0.2, 0) is 0 Å². The molecule has 11 rings (SSSR count). The van der Waals surface area contributed by atoms with Gasteiger partial charge in [0.05, 0.1) is 133 Å². The Morgan fingerprint density at radius 3 is 0.963 bits per heavy atom. The normalized spacial score (nSPS) is 10.3. The number of nitrogens with zero attached hydrogens (tertiary/aromatic N) is 14. The van der Waals surface area contributed by atoms with Crippen LogP contribution in [0.4, 0.5) is 0 Å². The first-order valence-corrected chi connectivity index (χ1v) is 24.5. The Kier molecular flexibility index (Phi) is 12.8. The van der Waals surface area contributed by atoms with Crippen molar-refractivity contribution in [2.75, 3.05) is 0 Å². The van der Waals surface area contributed by atoms with Gasteiger partial charge in [0.1, 0.15) is 0 Å². The van der Waals surface area contributed by atoms with Gasteiger partial charge in [0.25, 0.3) is 0 Å². The Bertz CT molecular complexity index is 4630. The number of benzene rings is 9. The highest BCUT2D eigenvalue weighted by Crippen LogP contribution is 2.47. The molecule has 0 aliphatic rings. The van der Waals surface area contributed by atoms with Gasteiger partial charge in [-0.25, -0.2) is 15.0 Å². The van der Waals surface area contributed by atoms with E-state index in [0.29, 0.717) is 89.2 Å². The zero-order valence-corrected chi connectivity index (χ0v) is 41.9. The lowest BCUT2D eigenvalue weighted by Gasteiger charge is -2.22. The molecule has 2 aromatic heterocycles. The summed E-state index contributed by atoms with van der Waals surface area (Å²) in [5.74, 6) is 0.937. The first kappa shape index (κ1) is 49.9. The molecular weight excluding hydrogens is 1000 g/mol. The average Bonchev–Trinajstić information content (AvgIpc) is 4.02. The second-order valence-electron chi connectivity index (χ2n) is 18.3. The highest BCUT2D eigenvalue weighted by atomic mass is 15.0. The Balaban J connectivity index is 1.34. The average molecular weight is 1030 g/mol. The lowest BCUT2D eigenvalue weighted by atomic mass is 9.88. The molecule has 0 radical (unpaired) electrons. The van der Waals surface area contributed by atoms with E-state index in [1.165, 1.54) is 36.4 Å². The van der Waals surface area contributed by atoms with E-state index in [2.05, 4.69) is 48.6 Å². The maximum atomic E-state index is 11.0. The van der Waals surface area contributed by atoms with Crippen molar-refractivity contribution in [3.05, 3.63) is 225 Å². The molecule has 0 saturated heterocycles. The van der Waals surface area contributed by atoms with E-state index in [-0.39, 0.29) is 72.6 Å². The van der Waals surface area contributed by atoms with Crippen molar-refractivity contribution >= 4 is 21.8 Å². The van der Waals surface area contributed by atoms with Crippen molar-refractivity contribution in [2.45, 2.75) is 0 Å². The fraction of sp³-hybridized carbons (Fsp3) is 0. The highest BCUT2D eigenvalue weighted by molar-refractivity contribution is 6.13. The zero-order chi connectivity index (χ0) is 56.3. The minimum Gasteiger partial charge on any atom is -0.308 e. The molecule has 0 amide bonds. The van der Waals surface area contributed by atoms with E-state index in [4.69, 9.17) is 15.0 Å². The Labute approximate surface area is 462 Å². The van der Waals surface area contributed by atoms with Crippen molar-refractivity contribution in [2.24, 2.45) is 0 Å². The maximum Gasteiger partial charge on any atom is 0.164 e. The number of rotatable bonds is 8. The largest absolute Gasteiger partial charge is 0.308 e. The smallest absolute Gasteiger partial charge is 0.164 e. The zero-order valence-electron chi connectivity index (χ0n) is 41.9. The van der Waals surface area contributed by atoms with Gasteiger partial charge in [-0.05, 0) is 96.1 Å². The predicted molar refractivity (Wildman–Crippen MR) is 299 cm³/mol. The van der Waals surface area contributed by atoms with Gasteiger partial charge in [-0.1, -0.05) is 84.9 Å². The summed E-state index contributed by atoms with van der Waals surface area (Å²) in [6.07, 6.45) is 0. The van der Waals surface area contributed by atoms with Gasteiger partial charge in [-0.15, -0.1) is 0 Å². The molecule has 11 aromatic rings. The molecule has 14 nitrogen and oxygen atoms in total. The molecule has 0 fully saturated rings. The Morgan fingerprint density at radius 1 is 0.272 bits per heavy atom. The van der Waals surface area contributed by atoms with Crippen LogP contribution in [0.2, 0.25) is 0 Å². The summed E-state index contributed by atoms with van der Waals surface area (Å²) in [4.78, 5) is 15.1. The van der Waals surface area contributed by atoms with Crippen LogP contribution in [0.3, 0.4) is 0 Å². The molecule has 366 valence electrons. The molecular formula is C67H28N14. The molecule has 0 saturated carbocycles. The third kappa shape index (κ3) is 8.74. The predicted octanol–water partition coefficient (Wildman–Crippen LogP) is 13.4. The molecule has 2 heterocycles. The molecule has 81 heavy (non-hydrogen) atoms. The molecule has 0 bridgehead atoms. The summed E-state index contributed by atoms with van der Waals surface area (Å²) >= 11 is 0. The van der Waals surface area contributed by atoms with Crippen LogP contribution in [0.5, 0.6) is 0 Å². The number of aromatic nitrogens is 4. The van der Waals surface area contributed by atoms with E-state index < -0.39 is 0 Å². The first-order valence-electron chi connectivity index (χ1n) is 24.5. The third-order valence-corrected chi connectivity index (χ3v) is 13.8. The summed E-state index contributed by atoms with van der Waals surface area (Å²) in [6, 6.07) is 69.8. The van der Waals surface area contributed by atoms with Crippen molar-refractivity contribution < 1.29 is 0 Å². The summed E-state index contributed by atoms with van der Waals surface area (Å²) in [7, 11) is 0. The van der Waals surface area contributed by atoms with Crippen molar-refractivity contribution in [3.8, 4) is 145 Å². The van der Waals surface area contributed by atoms with Crippen LogP contribution in [0.1, 0.15) is 55.6 Å². The van der Waals surface area contributed by atoms with Crippen LogP contribution in [0, 0.1) is 113 Å². The molecule has 0 N–H and O–H groups in total. The van der Waals surface area contributed by atoms with E-state index in [1.807, 2.05) is 89.5 Å². The highest BCUT2D eigenvalue weighted by Gasteiger charge is 2.27. The van der Waals surface area contributed by atoms with Crippen LogP contribution >= 0.6 is 0 Å². The fourth-order valence-corrected chi connectivity index (χ4v) is 10.2. The van der Waals surface area contributed by atoms with Crippen LogP contribution < -0.4 is 0 Å². The van der Waals surface area contributed by atoms with Crippen molar-refractivity contribution in [1.82, 2.24) is 19.5 Å². The number of hydrogen-bond donors (Lipinski definition) is 0. The molecule has 0 spiro atoms. The molecule has 14 heteroatoms. The van der Waals surface area contributed by atoms with Crippen LogP contribution in [0.25, 0.3) is 106 Å². The third-order valence-electron chi connectivity index (χ3n) is 13.8. The minimum atomic E-state index is 0.0725. The number of nitriles is 10. The van der Waals surface area contributed by atoms with Gasteiger partial charge in [-0.3, -0.25) is 0 Å². The van der Waals surface area contributed by atoms with Crippen molar-refractivity contribution in [1.29, 1.82) is 52.6 Å². The second-order valence-corrected chi connectivity index (χ2v) is 18.3. The van der Waals surface area contributed by atoms with Gasteiger partial charge in [0.15, 0.2) is 17.5 Å². The van der Waals surface area contributed by atoms with Crippen LogP contribution in [0.15, 0.2) is 170 Å². The van der Waals surface area contributed by atoms with E-state index in [1.54, 1.807) is 60.7 Å². The van der Waals surface area contributed by atoms with Gasteiger partial charge in [-0.2, -0.15) is 52.6 Å². The van der Waals surface area contributed by atoms with E-state index in [0.717, 1.165) is 0 Å². The van der Waals surface area contributed by atoms with E-state index >= 15 is 0 Å². The lowest BCUT2D eigenvalue weighted by molar-refractivity contribution is 1.07. The molecule has 0 aliphatic carbocycles. The quantitative estimate of drug-likeness (QED) is 0.137. The summed E-state index contributed by atoms with van der Waals surface area (Å²) in [5.41, 5.74) is 7.43. The van der Waals surface area contributed by atoms with Gasteiger partial charge in [0.2, 0.25) is 0 Å². The monoisotopic (exact) mass is 1030 g/mol. The first-order chi connectivity index (χ1) is 39.7. The van der Waals surface area contributed by atoms with Gasteiger partial charge in [0, 0.05) is 60.8 Å². The standard InChI is InChI=1S/C67H28N14/c68-29-39-11-15-54(48(19-39)33-72)58-27-47(67-79-65(43-7-3-1-4-8-43)78-66(80-67)44-9-5-2-6-10-44)28-59(55-16-12-40(30-69)20-49(55)34-73)64(58)81-60-17-13-45(62-50(35-74)21-41(31-70)22-51(62)36-75)25-56(60)57-26-46(14-18-61(57)81)63-52(37-76)23-42(32-71)24-53(63)38-77/h1-28H. The number of hydrogen-bond acceptors (Lipinski definition) is 13. The van der Waals surface area contributed by atoms with E-state index in [9.17, 15) is 52.6 Å². The fourth-order valence-electron chi connectivity index (χ4n) is 10.2. The van der Waals surface area contributed by atoms with Gasteiger partial charge < -0.3 is 4.57 Å². The van der Waals surface area contributed by atoms with Crippen LogP contribution in [-0.4, -0.2) is 19.5 Å². The second kappa shape index (κ2) is 20.8. The molecule has 0 aliphatic heterocycles. The van der Waals surface area contributed by atoms with Gasteiger partial charge >= 0.3 is 0 Å². The Hall–Kier alpha value is -13.3. The van der Waals surface area contributed by atoms with Crippen molar-refractivity contribution in [3.63, 3.8) is 0 Å². The molecule has 0 unspecified atom stereocenters. The SMILES string of the molecule is N#Cc1ccc(-c2cc(-c3nc(-c4ccccc4)nc(-c4ccccc4)n3)cc(-c3ccc(C#N)cc3C#N)c2-n2c3ccc(-c4c(C#N)cc(C#N)cc4C#N)cc3c3cc(-c4c(C#N)cc(C#N)cc4C#N)ccc32)c(C#N)c1. The molecule has 0 atom stereocenters. The summed E-state index contributed by atoms with van der Waals surface area (Å²) < 4.78 is 1.94. The maximum absolute atomic E-state index is 11.0. The summed E-state index contributed by atoms with van der Waals surface area (Å²) in [5, 5.41) is 105. The number of fused-ring (bicyclic) bond motifs is 3. The minimum absolute atomic E-state index is 0.0725. The summed E-state index contributed by atoms with van der Waals surface area (Å²) in [6.45, 7) is 0. The lowest BCUT2D eigenvalue weighted by Crippen LogP contribution is -2.05. The Morgan fingerprint density at radius 2 is 0.617 bits per heavy atom.